The number of carbonyl (C=O) groups excluding carboxylic acids is 2. The average molecular weight is 331 g/mol. The van der Waals surface area contributed by atoms with Gasteiger partial charge in [-0.3, -0.25) is 9.59 Å². The van der Waals surface area contributed by atoms with Crippen molar-refractivity contribution in [3.63, 3.8) is 0 Å². The number of hydrogen-bond acceptors (Lipinski definition) is 3. The van der Waals surface area contributed by atoms with Gasteiger partial charge >= 0.3 is 0 Å². The van der Waals surface area contributed by atoms with Crippen molar-refractivity contribution in [2.75, 3.05) is 13.6 Å². The number of amides is 2. The molecule has 0 saturated carbocycles. The second-order valence-electron chi connectivity index (χ2n) is 5.07. The molecule has 1 aromatic carbocycles. The highest BCUT2D eigenvalue weighted by molar-refractivity contribution is 6.34. The molecule has 2 atom stereocenters. The molecule has 1 heterocycles. The first-order valence-electron chi connectivity index (χ1n) is 6.58. The Morgan fingerprint density at radius 1 is 1.38 bits per heavy atom. The van der Waals surface area contributed by atoms with Gasteiger partial charge in [-0.2, -0.15) is 0 Å². The summed E-state index contributed by atoms with van der Waals surface area (Å²) < 4.78 is 0. The molecular weight excluding hydrogens is 315 g/mol. The lowest BCUT2D eigenvalue weighted by molar-refractivity contribution is -0.140. The summed E-state index contributed by atoms with van der Waals surface area (Å²) in [4.78, 5) is 25.6. The molecule has 2 N–H and O–H groups in total. The summed E-state index contributed by atoms with van der Waals surface area (Å²) >= 11 is 11.7. The van der Waals surface area contributed by atoms with E-state index in [-0.39, 0.29) is 5.91 Å². The number of nitrogens with zero attached hydrogens (tertiary/aromatic N) is 1. The number of piperidine rings is 1. The molecule has 0 spiro atoms. The highest BCUT2D eigenvalue weighted by Crippen LogP contribution is 2.24. The summed E-state index contributed by atoms with van der Waals surface area (Å²) in [5.41, 5.74) is 0.293. The molecule has 2 amide bonds. The van der Waals surface area contributed by atoms with Crippen LogP contribution in [-0.4, -0.2) is 41.5 Å². The van der Waals surface area contributed by atoms with E-state index in [2.05, 4.69) is 5.32 Å². The normalized spacial score (nSPS) is 20.3. The van der Waals surface area contributed by atoms with Crippen LogP contribution in [0.15, 0.2) is 18.2 Å². The van der Waals surface area contributed by atoms with Crippen LogP contribution in [0.4, 0.5) is 0 Å². The minimum atomic E-state index is -1.42. The van der Waals surface area contributed by atoms with E-state index >= 15 is 0 Å². The zero-order valence-corrected chi connectivity index (χ0v) is 13.0. The second-order valence-corrected chi connectivity index (χ2v) is 5.94. The van der Waals surface area contributed by atoms with Gasteiger partial charge in [0.15, 0.2) is 6.10 Å². The number of halogens is 2. The van der Waals surface area contributed by atoms with Crippen LogP contribution in [0.2, 0.25) is 10.0 Å². The van der Waals surface area contributed by atoms with Crippen LogP contribution in [0.1, 0.15) is 24.5 Å². The maximum Gasteiger partial charge on any atom is 0.254 e. The summed E-state index contributed by atoms with van der Waals surface area (Å²) in [6.07, 6.45) is -0.0363. The van der Waals surface area contributed by atoms with Crippen LogP contribution >= 0.6 is 23.2 Å². The third kappa shape index (κ3) is 3.87. The molecule has 0 bridgehead atoms. The Morgan fingerprint density at radius 3 is 2.62 bits per heavy atom. The summed E-state index contributed by atoms with van der Waals surface area (Å²) in [5.74, 6) is -0.784. The van der Waals surface area contributed by atoms with E-state index in [1.54, 1.807) is 11.9 Å². The molecule has 0 radical (unpaired) electrons. The van der Waals surface area contributed by atoms with Gasteiger partial charge in [-0.25, -0.2) is 0 Å². The monoisotopic (exact) mass is 330 g/mol. The van der Waals surface area contributed by atoms with E-state index in [4.69, 9.17) is 23.2 Å². The van der Waals surface area contributed by atoms with E-state index in [1.807, 2.05) is 0 Å². The third-order valence-corrected chi connectivity index (χ3v) is 3.86. The molecule has 114 valence electrons. The van der Waals surface area contributed by atoms with E-state index in [0.29, 0.717) is 28.6 Å². The first-order chi connectivity index (χ1) is 9.88. The van der Waals surface area contributed by atoms with Crippen molar-refractivity contribution in [2.24, 2.45) is 0 Å². The molecule has 1 aliphatic heterocycles. The Labute approximate surface area is 132 Å². The van der Waals surface area contributed by atoms with Gasteiger partial charge in [0, 0.05) is 23.6 Å². The van der Waals surface area contributed by atoms with Gasteiger partial charge in [-0.05, 0) is 36.6 Å². The summed E-state index contributed by atoms with van der Waals surface area (Å²) in [6, 6.07) is 3.84. The lowest BCUT2D eigenvalue weighted by Crippen LogP contribution is -2.51. The predicted octanol–water partition coefficient (Wildman–Crippen LogP) is 1.76. The molecule has 1 aliphatic rings. The fourth-order valence-corrected chi connectivity index (χ4v) is 2.84. The van der Waals surface area contributed by atoms with Crippen LogP contribution in [-0.2, 0) is 9.59 Å². The largest absolute Gasteiger partial charge is 0.378 e. The smallest absolute Gasteiger partial charge is 0.254 e. The maximum atomic E-state index is 12.1. The zero-order valence-electron chi connectivity index (χ0n) is 11.5. The lowest BCUT2D eigenvalue weighted by Gasteiger charge is -2.30. The van der Waals surface area contributed by atoms with Gasteiger partial charge in [0.2, 0.25) is 5.91 Å². The van der Waals surface area contributed by atoms with Gasteiger partial charge < -0.3 is 15.3 Å². The molecule has 0 aliphatic carbocycles. The van der Waals surface area contributed by atoms with Crippen molar-refractivity contribution in [3.8, 4) is 0 Å². The van der Waals surface area contributed by atoms with Crippen molar-refractivity contribution >= 4 is 35.0 Å². The number of aliphatic hydroxyl groups is 1. The van der Waals surface area contributed by atoms with Crippen LogP contribution in [0, 0.1) is 0 Å². The topological polar surface area (TPSA) is 69.6 Å². The average Bonchev–Trinajstić information content (AvgIpc) is 2.42. The molecule has 5 nitrogen and oxygen atoms in total. The van der Waals surface area contributed by atoms with Gasteiger partial charge in [-0.1, -0.05) is 23.2 Å². The van der Waals surface area contributed by atoms with E-state index in [1.165, 1.54) is 18.2 Å². The zero-order chi connectivity index (χ0) is 15.6. The van der Waals surface area contributed by atoms with Crippen molar-refractivity contribution in [1.82, 2.24) is 10.2 Å². The molecular formula is C14H16Cl2N2O3. The summed E-state index contributed by atoms with van der Waals surface area (Å²) in [6.45, 7) is 0.678. The second kappa shape index (κ2) is 6.64. The molecule has 21 heavy (non-hydrogen) atoms. The molecule has 1 aromatic rings. The van der Waals surface area contributed by atoms with Crippen LogP contribution < -0.4 is 5.32 Å². The number of carbonyl (C=O) groups is 2. The van der Waals surface area contributed by atoms with Crippen molar-refractivity contribution in [3.05, 3.63) is 33.8 Å². The number of likely N-dealkylation sites (tertiary alicyclic amines) is 1. The molecule has 7 heteroatoms. The third-order valence-electron chi connectivity index (χ3n) is 3.43. The van der Waals surface area contributed by atoms with Crippen molar-refractivity contribution in [1.29, 1.82) is 0 Å². The Hall–Kier alpha value is -1.30. The van der Waals surface area contributed by atoms with E-state index in [0.717, 1.165) is 6.42 Å². The molecule has 2 unspecified atom stereocenters. The highest BCUT2D eigenvalue weighted by Gasteiger charge is 2.30. The number of nitrogens with one attached hydrogen (secondary N) is 1. The van der Waals surface area contributed by atoms with Gasteiger partial charge in [0.05, 0.1) is 0 Å². The SMILES string of the molecule is CN1CCCC(NC(=O)C(O)c2cc(Cl)cc(Cl)c2)C1=O. The van der Waals surface area contributed by atoms with Gasteiger partial charge in [-0.15, -0.1) is 0 Å². The summed E-state index contributed by atoms with van der Waals surface area (Å²) in [7, 11) is 1.69. The molecule has 1 saturated heterocycles. The van der Waals surface area contributed by atoms with Crippen LogP contribution in [0.3, 0.4) is 0 Å². The van der Waals surface area contributed by atoms with E-state index < -0.39 is 18.1 Å². The van der Waals surface area contributed by atoms with Crippen LogP contribution in [0.5, 0.6) is 0 Å². The van der Waals surface area contributed by atoms with Crippen LogP contribution in [0.25, 0.3) is 0 Å². The Bertz CT molecular complexity index is 545. The number of aliphatic hydroxyl groups excluding tert-OH is 1. The Kier molecular flexibility index (Phi) is 5.08. The lowest BCUT2D eigenvalue weighted by atomic mass is 10.0. The minimum absolute atomic E-state index is 0.147. The summed E-state index contributed by atoms with van der Waals surface area (Å²) in [5, 5.41) is 13.3. The first kappa shape index (κ1) is 16.1. The van der Waals surface area contributed by atoms with Gasteiger partial charge in [0.1, 0.15) is 6.04 Å². The molecule has 2 rings (SSSR count). The van der Waals surface area contributed by atoms with E-state index in [9.17, 15) is 14.7 Å². The number of likely N-dealkylation sites (N-methyl/N-ethyl adjacent to an activating group) is 1. The fraction of sp³-hybridized carbons (Fsp3) is 0.429. The predicted molar refractivity (Wildman–Crippen MR) is 80.2 cm³/mol. The number of benzene rings is 1. The minimum Gasteiger partial charge on any atom is -0.378 e. The standard InChI is InChI=1S/C14H16Cl2N2O3/c1-18-4-2-3-11(14(18)21)17-13(20)12(19)8-5-9(15)7-10(16)6-8/h5-7,11-12,19H,2-4H2,1H3,(H,17,20). The maximum absolute atomic E-state index is 12.1. The first-order valence-corrected chi connectivity index (χ1v) is 7.33. The fourth-order valence-electron chi connectivity index (χ4n) is 2.30. The Balaban J connectivity index is 2.07. The Morgan fingerprint density at radius 2 is 2.00 bits per heavy atom. The quantitative estimate of drug-likeness (QED) is 0.887. The highest BCUT2D eigenvalue weighted by atomic mass is 35.5. The molecule has 1 fully saturated rings. The van der Waals surface area contributed by atoms with Crippen molar-refractivity contribution in [2.45, 2.75) is 25.0 Å². The number of hydrogen-bond donors (Lipinski definition) is 2. The number of rotatable bonds is 3. The van der Waals surface area contributed by atoms with Gasteiger partial charge in [0.25, 0.3) is 5.91 Å². The molecule has 0 aromatic heterocycles. The van der Waals surface area contributed by atoms with Crippen molar-refractivity contribution < 1.29 is 14.7 Å².